The van der Waals surface area contributed by atoms with E-state index in [-0.39, 0.29) is 42.8 Å². The summed E-state index contributed by atoms with van der Waals surface area (Å²) in [6.07, 6.45) is 1.33. The second-order valence-electron chi connectivity index (χ2n) is 6.56. The summed E-state index contributed by atoms with van der Waals surface area (Å²) in [6, 6.07) is 7.65. The minimum absolute atomic E-state index is 0. The van der Waals surface area contributed by atoms with Crippen LogP contribution in [0.15, 0.2) is 35.2 Å². The van der Waals surface area contributed by atoms with Gasteiger partial charge in [0.05, 0.1) is 11.4 Å². The van der Waals surface area contributed by atoms with Crippen molar-refractivity contribution in [3.05, 3.63) is 30.3 Å². The standard InChI is InChI=1S/C17H23N3O5S.ClH/c21-16(13-19-8-4-7-15(19)17(22)23)18-9-11-20(12-10-18)26(24,25)14-5-2-1-3-6-14;/h1-3,5-6,15H,4,7-13H2,(H,22,23);1H/t15-;/m0./s1. The molecule has 0 unspecified atom stereocenters. The Labute approximate surface area is 165 Å². The van der Waals surface area contributed by atoms with Gasteiger partial charge in [-0.25, -0.2) is 8.42 Å². The molecule has 0 radical (unpaired) electrons. The quantitative estimate of drug-likeness (QED) is 0.748. The van der Waals surface area contributed by atoms with E-state index in [4.69, 9.17) is 0 Å². The molecule has 0 saturated carbocycles. The number of carbonyl (C=O) groups excluding carboxylic acids is 1. The van der Waals surface area contributed by atoms with E-state index in [1.165, 1.54) is 4.31 Å². The van der Waals surface area contributed by atoms with Crippen LogP contribution in [0.1, 0.15) is 12.8 Å². The van der Waals surface area contributed by atoms with Crippen molar-refractivity contribution in [1.82, 2.24) is 14.1 Å². The topological polar surface area (TPSA) is 98.2 Å². The molecule has 2 aliphatic heterocycles. The molecule has 1 N–H and O–H groups in total. The SMILES string of the molecule is Cl.O=C(O)[C@@H]1CCCN1CC(=O)N1CCN(S(=O)(=O)c2ccccc2)CC1. The van der Waals surface area contributed by atoms with Gasteiger partial charge in [-0.05, 0) is 31.5 Å². The number of carboxylic acids is 1. The number of carbonyl (C=O) groups is 2. The van der Waals surface area contributed by atoms with Gasteiger partial charge in [-0.3, -0.25) is 14.5 Å². The van der Waals surface area contributed by atoms with Crippen molar-refractivity contribution < 1.29 is 23.1 Å². The Hall–Kier alpha value is -1.68. The fourth-order valence-electron chi connectivity index (χ4n) is 3.49. The van der Waals surface area contributed by atoms with Gasteiger partial charge in [-0.15, -0.1) is 12.4 Å². The number of halogens is 1. The molecule has 0 spiro atoms. The van der Waals surface area contributed by atoms with Crippen LogP contribution in [0.4, 0.5) is 0 Å². The molecule has 8 nitrogen and oxygen atoms in total. The van der Waals surface area contributed by atoms with Crippen LogP contribution in [0.5, 0.6) is 0 Å². The smallest absolute Gasteiger partial charge is 0.320 e. The van der Waals surface area contributed by atoms with Crippen LogP contribution in [0.25, 0.3) is 0 Å². The lowest BCUT2D eigenvalue weighted by molar-refractivity contribution is -0.143. The first-order valence-corrected chi connectivity index (χ1v) is 10.1. The molecule has 2 fully saturated rings. The van der Waals surface area contributed by atoms with E-state index in [1.54, 1.807) is 40.1 Å². The van der Waals surface area contributed by atoms with Gasteiger partial charge in [0, 0.05) is 26.2 Å². The molecule has 3 rings (SSSR count). The van der Waals surface area contributed by atoms with E-state index < -0.39 is 22.0 Å². The Morgan fingerprint density at radius 1 is 1.04 bits per heavy atom. The maximum Gasteiger partial charge on any atom is 0.320 e. The van der Waals surface area contributed by atoms with E-state index in [2.05, 4.69) is 0 Å². The molecular formula is C17H24ClN3O5S. The molecule has 1 aromatic carbocycles. The number of carboxylic acid groups (broad SMARTS) is 1. The van der Waals surface area contributed by atoms with Crippen molar-refractivity contribution in [3.8, 4) is 0 Å². The van der Waals surface area contributed by atoms with Crippen molar-refractivity contribution in [2.45, 2.75) is 23.8 Å². The summed E-state index contributed by atoms with van der Waals surface area (Å²) in [4.78, 5) is 27.3. The molecule has 10 heteroatoms. The first kappa shape index (κ1) is 21.6. The Morgan fingerprint density at radius 3 is 2.26 bits per heavy atom. The van der Waals surface area contributed by atoms with Gasteiger partial charge < -0.3 is 10.0 Å². The zero-order valence-corrected chi connectivity index (χ0v) is 16.5. The van der Waals surface area contributed by atoms with Crippen molar-refractivity contribution in [2.24, 2.45) is 0 Å². The van der Waals surface area contributed by atoms with Crippen molar-refractivity contribution in [3.63, 3.8) is 0 Å². The van der Waals surface area contributed by atoms with Gasteiger partial charge in [0.2, 0.25) is 15.9 Å². The Bertz CT molecular complexity index is 766. The lowest BCUT2D eigenvalue weighted by atomic mass is 10.2. The molecule has 0 aliphatic carbocycles. The zero-order chi connectivity index (χ0) is 18.7. The summed E-state index contributed by atoms with van der Waals surface area (Å²) in [7, 11) is -3.55. The van der Waals surface area contributed by atoms with Gasteiger partial charge in [-0.2, -0.15) is 4.31 Å². The van der Waals surface area contributed by atoms with Crippen LogP contribution in [-0.4, -0.2) is 84.8 Å². The number of hydrogen-bond donors (Lipinski definition) is 1. The van der Waals surface area contributed by atoms with Gasteiger partial charge >= 0.3 is 5.97 Å². The van der Waals surface area contributed by atoms with Crippen LogP contribution in [0.2, 0.25) is 0 Å². The molecule has 0 aromatic heterocycles. The van der Waals surface area contributed by atoms with E-state index in [0.717, 1.165) is 6.42 Å². The number of likely N-dealkylation sites (tertiary alicyclic amines) is 1. The predicted octanol–water partition coefficient (Wildman–Crippen LogP) is 0.490. The van der Waals surface area contributed by atoms with Gasteiger partial charge in [0.25, 0.3) is 0 Å². The third-order valence-electron chi connectivity index (χ3n) is 4.96. The lowest BCUT2D eigenvalue weighted by Crippen LogP contribution is -2.53. The molecule has 2 saturated heterocycles. The van der Waals surface area contributed by atoms with E-state index in [0.29, 0.717) is 26.1 Å². The van der Waals surface area contributed by atoms with E-state index in [9.17, 15) is 23.1 Å². The number of benzene rings is 1. The molecule has 27 heavy (non-hydrogen) atoms. The highest BCUT2D eigenvalue weighted by Crippen LogP contribution is 2.19. The molecule has 2 heterocycles. The number of amides is 1. The number of rotatable bonds is 5. The average molecular weight is 418 g/mol. The number of sulfonamides is 1. The fraction of sp³-hybridized carbons (Fsp3) is 0.529. The molecule has 1 aromatic rings. The van der Waals surface area contributed by atoms with Crippen LogP contribution in [0.3, 0.4) is 0 Å². The van der Waals surface area contributed by atoms with Gasteiger partial charge in [0.1, 0.15) is 6.04 Å². The van der Waals surface area contributed by atoms with Gasteiger partial charge in [-0.1, -0.05) is 18.2 Å². The lowest BCUT2D eigenvalue weighted by Gasteiger charge is -2.35. The summed E-state index contributed by atoms with van der Waals surface area (Å²) >= 11 is 0. The van der Waals surface area contributed by atoms with E-state index in [1.807, 2.05) is 0 Å². The highest BCUT2D eigenvalue weighted by Gasteiger charge is 2.34. The summed E-state index contributed by atoms with van der Waals surface area (Å²) in [6.45, 7) is 1.79. The Morgan fingerprint density at radius 2 is 1.67 bits per heavy atom. The van der Waals surface area contributed by atoms with Crippen molar-refractivity contribution >= 4 is 34.3 Å². The predicted molar refractivity (Wildman–Crippen MR) is 101 cm³/mol. The Kier molecular flexibility index (Phi) is 7.21. The molecule has 150 valence electrons. The minimum atomic E-state index is -3.55. The summed E-state index contributed by atoms with van der Waals surface area (Å²) < 4.78 is 26.6. The fourth-order valence-corrected chi connectivity index (χ4v) is 4.93. The zero-order valence-electron chi connectivity index (χ0n) is 14.9. The first-order chi connectivity index (χ1) is 12.4. The molecule has 0 bridgehead atoms. The summed E-state index contributed by atoms with van der Waals surface area (Å²) in [5.41, 5.74) is 0. The molecule has 1 atom stereocenters. The number of aliphatic carboxylic acids is 1. The van der Waals surface area contributed by atoms with Gasteiger partial charge in [0.15, 0.2) is 0 Å². The number of nitrogens with zero attached hydrogens (tertiary/aromatic N) is 3. The number of piperazine rings is 1. The van der Waals surface area contributed by atoms with Crippen LogP contribution in [-0.2, 0) is 19.6 Å². The highest BCUT2D eigenvalue weighted by molar-refractivity contribution is 7.89. The summed E-state index contributed by atoms with van der Waals surface area (Å²) in [5.74, 6) is -1.04. The van der Waals surface area contributed by atoms with Crippen molar-refractivity contribution in [1.29, 1.82) is 0 Å². The monoisotopic (exact) mass is 417 g/mol. The maximum absolute atomic E-state index is 12.6. The third-order valence-corrected chi connectivity index (χ3v) is 6.87. The van der Waals surface area contributed by atoms with Crippen LogP contribution in [0, 0.1) is 0 Å². The third kappa shape index (κ3) is 4.78. The molecular weight excluding hydrogens is 394 g/mol. The second-order valence-corrected chi connectivity index (χ2v) is 8.50. The van der Waals surface area contributed by atoms with E-state index >= 15 is 0 Å². The van der Waals surface area contributed by atoms with Crippen LogP contribution < -0.4 is 0 Å². The number of hydrogen-bond acceptors (Lipinski definition) is 5. The normalized spacial score (nSPS) is 21.6. The highest BCUT2D eigenvalue weighted by atomic mass is 35.5. The second kappa shape index (κ2) is 9.01. The molecule has 2 aliphatic rings. The molecule has 1 amide bonds. The largest absolute Gasteiger partial charge is 0.480 e. The summed E-state index contributed by atoms with van der Waals surface area (Å²) in [5, 5.41) is 9.20. The average Bonchev–Trinajstić information content (AvgIpc) is 3.11. The Balaban J connectivity index is 0.00000261. The maximum atomic E-state index is 12.6. The minimum Gasteiger partial charge on any atom is -0.480 e. The van der Waals surface area contributed by atoms with Crippen molar-refractivity contribution in [2.75, 3.05) is 39.3 Å². The van der Waals surface area contributed by atoms with Crippen LogP contribution >= 0.6 is 12.4 Å². The first-order valence-electron chi connectivity index (χ1n) is 8.69.